The van der Waals surface area contributed by atoms with Crippen molar-refractivity contribution in [1.29, 1.82) is 0 Å². The first-order valence-electron chi connectivity index (χ1n) is 2.52. The van der Waals surface area contributed by atoms with Gasteiger partial charge in [0.1, 0.15) is 0 Å². The second-order valence-electron chi connectivity index (χ2n) is 1.51. The number of rotatable bonds is 2. The van der Waals surface area contributed by atoms with Crippen molar-refractivity contribution in [3.63, 3.8) is 0 Å². The highest BCUT2D eigenvalue weighted by Crippen LogP contribution is 2.13. The number of carbonyl (C=O) groups is 1. The largest absolute Gasteiger partial charge is 0.472 e. The fourth-order valence-corrected chi connectivity index (χ4v) is 0.246. The van der Waals surface area contributed by atoms with Crippen molar-refractivity contribution in [3.05, 3.63) is 0 Å². The van der Waals surface area contributed by atoms with Gasteiger partial charge in [0, 0.05) is 0 Å². The third-order valence-corrected chi connectivity index (χ3v) is 0.650. The van der Waals surface area contributed by atoms with Crippen molar-refractivity contribution in [2.75, 3.05) is 6.54 Å². The van der Waals surface area contributed by atoms with Gasteiger partial charge in [-0.3, -0.25) is 10.2 Å². The van der Waals surface area contributed by atoms with Crippen LogP contribution in [0.2, 0.25) is 0 Å². The number of terminal acetylenes is 1. The maximum Gasteiger partial charge on any atom is 0.472 e. The smallest absolute Gasteiger partial charge is 0.283 e. The third-order valence-electron chi connectivity index (χ3n) is 0.650. The molecule has 0 fully saturated rings. The van der Waals surface area contributed by atoms with E-state index < -0.39 is 12.1 Å². The van der Waals surface area contributed by atoms with Crippen molar-refractivity contribution in [3.8, 4) is 12.3 Å². The number of carbonyl (C=O) groups excluding carboxylic acids is 1. The van der Waals surface area contributed by atoms with Crippen LogP contribution < -0.4 is 10.9 Å². The summed E-state index contributed by atoms with van der Waals surface area (Å²) in [4.78, 5) is 9.97. The minimum absolute atomic E-state index is 0.151. The lowest BCUT2D eigenvalue weighted by Gasteiger charge is -2.06. The molecule has 0 aliphatic carbocycles. The van der Waals surface area contributed by atoms with Crippen LogP contribution >= 0.6 is 0 Å². The number of alkyl halides is 3. The summed E-state index contributed by atoms with van der Waals surface area (Å²) in [6.07, 6.45) is -0.195. The molecule has 2 N–H and O–H groups in total. The van der Waals surface area contributed by atoms with Gasteiger partial charge in [0.2, 0.25) is 0 Å². The summed E-state index contributed by atoms with van der Waals surface area (Å²) in [5, 5.41) is 0. The van der Waals surface area contributed by atoms with Crippen LogP contribution in [-0.4, -0.2) is 18.6 Å². The molecule has 0 aliphatic heterocycles. The highest BCUT2D eigenvalue weighted by atomic mass is 19.4. The van der Waals surface area contributed by atoms with E-state index in [0.29, 0.717) is 0 Å². The predicted octanol–water partition coefficient (Wildman–Crippen LogP) is -0.197. The van der Waals surface area contributed by atoms with Gasteiger partial charge in [-0.15, -0.1) is 6.42 Å². The Morgan fingerprint density at radius 3 is 2.45 bits per heavy atom. The zero-order chi connectivity index (χ0) is 8.91. The first kappa shape index (κ1) is 9.78. The van der Waals surface area contributed by atoms with Crippen LogP contribution in [0.3, 0.4) is 0 Å². The molecule has 0 aromatic carbocycles. The summed E-state index contributed by atoms with van der Waals surface area (Å²) in [7, 11) is 0. The maximum atomic E-state index is 11.4. The number of amides is 1. The molecule has 0 rings (SSSR count). The topological polar surface area (TPSA) is 41.1 Å². The van der Waals surface area contributed by atoms with Crippen molar-refractivity contribution < 1.29 is 18.0 Å². The third kappa shape index (κ3) is 4.22. The van der Waals surface area contributed by atoms with Gasteiger partial charge in [0.15, 0.2) is 0 Å². The Kier molecular flexibility index (Phi) is 3.40. The van der Waals surface area contributed by atoms with E-state index in [1.807, 2.05) is 11.3 Å². The van der Waals surface area contributed by atoms with E-state index in [9.17, 15) is 18.0 Å². The number of nitrogens with one attached hydrogen (secondary N) is 2. The molecule has 0 heterocycles. The predicted molar refractivity (Wildman–Crippen MR) is 31.0 cm³/mol. The lowest BCUT2D eigenvalue weighted by molar-refractivity contribution is -0.174. The van der Waals surface area contributed by atoms with E-state index in [-0.39, 0.29) is 6.54 Å². The van der Waals surface area contributed by atoms with Crippen LogP contribution in [0.15, 0.2) is 0 Å². The summed E-state index contributed by atoms with van der Waals surface area (Å²) >= 11 is 0. The summed E-state index contributed by atoms with van der Waals surface area (Å²) in [5.41, 5.74) is 3.25. The summed E-state index contributed by atoms with van der Waals surface area (Å²) in [6, 6.07) is 0. The van der Waals surface area contributed by atoms with Crippen molar-refractivity contribution in [2.45, 2.75) is 6.18 Å². The molecule has 6 heteroatoms. The Hall–Kier alpha value is -1.22. The number of hydrazine groups is 1. The lowest BCUT2D eigenvalue weighted by Crippen LogP contribution is -2.45. The van der Waals surface area contributed by atoms with Gasteiger partial charge in [-0.25, -0.2) is 5.43 Å². The molecule has 62 valence electrons. The van der Waals surface area contributed by atoms with E-state index in [0.717, 1.165) is 0 Å². The molecule has 11 heavy (non-hydrogen) atoms. The second kappa shape index (κ2) is 3.83. The Bertz CT molecular complexity index is 181. The first-order valence-corrected chi connectivity index (χ1v) is 2.52. The Morgan fingerprint density at radius 1 is 1.55 bits per heavy atom. The summed E-state index contributed by atoms with van der Waals surface area (Å²) in [6.45, 7) is -0.151. The molecule has 0 unspecified atom stereocenters. The average Bonchev–Trinajstić information content (AvgIpc) is 1.86. The fraction of sp³-hybridized carbons (Fsp3) is 0.400. The fourth-order valence-electron chi connectivity index (χ4n) is 0.246. The summed E-state index contributed by atoms with van der Waals surface area (Å²) in [5.74, 6) is -0.0809. The van der Waals surface area contributed by atoms with Gasteiger partial charge in [-0.1, -0.05) is 5.92 Å². The minimum Gasteiger partial charge on any atom is -0.283 e. The molecule has 3 nitrogen and oxygen atoms in total. The molecular weight excluding hydrogens is 161 g/mol. The highest BCUT2D eigenvalue weighted by molar-refractivity contribution is 5.81. The maximum absolute atomic E-state index is 11.4. The normalized spacial score (nSPS) is 10.4. The zero-order valence-electron chi connectivity index (χ0n) is 5.33. The van der Waals surface area contributed by atoms with Gasteiger partial charge >= 0.3 is 12.1 Å². The van der Waals surface area contributed by atoms with Crippen LogP contribution in [-0.2, 0) is 4.79 Å². The standard InChI is InChI=1S/C5H5F3N2O/c1-2-3-9-10-4(11)5(6,7)8/h1,9H,3H2,(H,10,11). The van der Waals surface area contributed by atoms with E-state index in [4.69, 9.17) is 0 Å². The van der Waals surface area contributed by atoms with Crippen molar-refractivity contribution in [1.82, 2.24) is 10.9 Å². The van der Waals surface area contributed by atoms with Gasteiger partial charge < -0.3 is 0 Å². The van der Waals surface area contributed by atoms with Gasteiger partial charge in [-0.05, 0) is 0 Å². The SMILES string of the molecule is C#CCNNC(=O)C(F)(F)F. The Morgan fingerprint density at radius 2 is 2.09 bits per heavy atom. The molecule has 0 saturated heterocycles. The first-order chi connectivity index (χ1) is 4.98. The zero-order valence-corrected chi connectivity index (χ0v) is 5.33. The van der Waals surface area contributed by atoms with Crippen LogP contribution in [0.25, 0.3) is 0 Å². The van der Waals surface area contributed by atoms with Crippen LogP contribution in [0.4, 0.5) is 13.2 Å². The molecule has 0 bridgehead atoms. The molecule has 0 aromatic rings. The second-order valence-corrected chi connectivity index (χ2v) is 1.51. The van der Waals surface area contributed by atoms with Gasteiger partial charge in [0.05, 0.1) is 6.54 Å². The van der Waals surface area contributed by atoms with Crippen LogP contribution in [0, 0.1) is 12.3 Å². The monoisotopic (exact) mass is 166 g/mol. The molecule has 1 amide bonds. The van der Waals surface area contributed by atoms with E-state index in [2.05, 4.69) is 6.42 Å². The summed E-state index contributed by atoms with van der Waals surface area (Å²) < 4.78 is 34.1. The van der Waals surface area contributed by atoms with Crippen LogP contribution in [0.5, 0.6) is 0 Å². The van der Waals surface area contributed by atoms with Gasteiger partial charge in [-0.2, -0.15) is 13.2 Å². The molecular formula is C5H5F3N2O. The Labute approximate surface area is 60.9 Å². The average molecular weight is 166 g/mol. The molecule has 0 aromatic heterocycles. The molecule has 0 spiro atoms. The molecule has 0 aliphatic rings. The van der Waals surface area contributed by atoms with E-state index in [1.165, 1.54) is 5.43 Å². The van der Waals surface area contributed by atoms with Crippen molar-refractivity contribution in [2.24, 2.45) is 0 Å². The number of halogens is 3. The molecule has 0 saturated carbocycles. The number of hydrogen-bond acceptors (Lipinski definition) is 2. The Balaban J connectivity index is 3.64. The van der Waals surface area contributed by atoms with E-state index >= 15 is 0 Å². The van der Waals surface area contributed by atoms with Gasteiger partial charge in [0.25, 0.3) is 0 Å². The van der Waals surface area contributed by atoms with Crippen LogP contribution in [0.1, 0.15) is 0 Å². The highest BCUT2D eigenvalue weighted by Gasteiger charge is 2.38. The molecule has 0 radical (unpaired) electrons. The minimum atomic E-state index is -4.87. The lowest BCUT2D eigenvalue weighted by atomic mass is 10.6. The quantitative estimate of drug-likeness (QED) is 0.339. The number of hydrogen-bond donors (Lipinski definition) is 2. The van der Waals surface area contributed by atoms with Crippen molar-refractivity contribution >= 4 is 5.91 Å². The molecule has 0 atom stereocenters. The van der Waals surface area contributed by atoms with E-state index in [1.54, 1.807) is 0 Å².